The first-order valence-electron chi connectivity index (χ1n) is 9.44. The predicted octanol–water partition coefficient (Wildman–Crippen LogP) is 3.08. The minimum absolute atomic E-state index is 0.0171. The molecule has 2 amide bonds. The smallest absolute Gasteiger partial charge is 0.262 e. The molecular formula is C22H21FN4O3. The molecule has 0 fully saturated rings. The van der Waals surface area contributed by atoms with E-state index in [9.17, 15) is 14.0 Å². The van der Waals surface area contributed by atoms with Gasteiger partial charge in [-0.05, 0) is 48.9 Å². The zero-order chi connectivity index (χ0) is 21.4. The van der Waals surface area contributed by atoms with E-state index in [0.29, 0.717) is 22.8 Å². The van der Waals surface area contributed by atoms with Crippen LogP contribution in [0.2, 0.25) is 0 Å². The average molecular weight is 408 g/mol. The van der Waals surface area contributed by atoms with Gasteiger partial charge in [-0.1, -0.05) is 6.07 Å². The first-order valence-corrected chi connectivity index (χ1v) is 9.44. The molecular weight excluding hydrogens is 387 g/mol. The molecule has 0 radical (unpaired) electrons. The first-order chi connectivity index (χ1) is 14.3. The highest BCUT2D eigenvalue weighted by molar-refractivity contribution is 5.97. The number of anilines is 1. The van der Waals surface area contributed by atoms with Crippen molar-refractivity contribution in [2.24, 2.45) is 0 Å². The van der Waals surface area contributed by atoms with E-state index < -0.39 is 0 Å². The van der Waals surface area contributed by atoms with Crippen LogP contribution in [0.4, 0.5) is 10.1 Å². The molecule has 154 valence electrons. The lowest BCUT2D eigenvalue weighted by atomic mass is 9.98. The second-order valence-corrected chi connectivity index (χ2v) is 7.31. The number of ether oxygens (including phenoxy) is 1. The SMILES string of the molecule is Cc1nn(CC(=O)N(C)C)c(-c2ccc(F)cc2)c1-c1ccc2c(c1)NC(=O)CO2. The number of aryl methyl sites for hydroxylation is 1. The molecule has 8 heteroatoms. The third kappa shape index (κ3) is 3.63. The van der Waals surface area contributed by atoms with Crippen LogP contribution in [0.25, 0.3) is 22.4 Å². The molecule has 1 N–H and O–H groups in total. The Morgan fingerprint density at radius 3 is 2.60 bits per heavy atom. The molecule has 4 rings (SSSR count). The molecule has 2 aromatic carbocycles. The Bertz CT molecular complexity index is 1140. The Morgan fingerprint density at radius 1 is 1.20 bits per heavy atom. The number of likely N-dealkylation sites (N-methyl/N-ethyl adjacent to an activating group) is 1. The fourth-order valence-corrected chi connectivity index (χ4v) is 3.45. The normalized spacial score (nSPS) is 12.7. The number of aromatic nitrogens is 2. The lowest BCUT2D eigenvalue weighted by Crippen LogP contribution is -2.27. The summed E-state index contributed by atoms with van der Waals surface area (Å²) in [5.41, 5.74) is 4.33. The number of carbonyl (C=O) groups is 2. The second-order valence-electron chi connectivity index (χ2n) is 7.31. The zero-order valence-corrected chi connectivity index (χ0v) is 16.9. The number of rotatable bonds is 4. The number of hydrogen-bond donors (Lipinski definition) is 1. The third-order valence-electron chi connectivity index (χ3n) is 4.93. The fourth-order valence-electron chi connectivity index (χ4n) is 3.45. The molecule has 1 aromatic heterocycles. The summed E-state index contributed by atoms with van der Waals surface area (Å²) in [4.78, 5) is 25.6. The quantitative estimate of drug-likeness (QED) is 0.720. The van der Waals surface area contributed by atoms with E-state index in [4.69, 9.17) is 4.74 Å². The monoisotopic (exact) mass is 408 g/mol. The van der Waals surface area contributed by atoms with E-state index >= 15 is 0 Å². The van der Waals surface area contributed by atoms with Crippen molar-refractivity contribution in [3.05, 3.63) is 54.0 Å². The van der Waals surface area contributed by atoms with Crippen LogP contribution in [0.15, 0.2) is 42.5 Å². The zero-order valence-electron chi connectivity index (χ0n) is 16.9. The molecule has 0 saturated carbocycles. The Kier molecular flexibility index (Phi) is 4.99. The summed E-state index contributed by atoms with van der Waals surface area (Å²) in [6.45, 7) is 1.88. The molecule has 0 atom stereocenters. The molecule has 1 aliphatic heterocycles. The molecule has 2 heterocycles. The van der Waals surface area contributed by atoms with Crippen LogP contribution in [0.5, 0.6) is 5.75 Å². The summed E-state index contributed by atoms with van der Waals surface area (Å²) in [6.07, 6.45) is 0. The van der Waals surface area contributed by atoms with E-state index in [1.807, 2.05) is 19.1 Å². The fraction of sp³-hybridized carbons (Fsp3) is 0.227. The van der Waals surface area contributed by atoms with E-state index in [2.05, 4.69) is 10.4 Å². The van der Waals surface area contributed by atoms with Crippen LogP contribution in [0, 0.1) is 12.7 Å². The number of benzene rings is 2. The number of nitrogens with one attached hydrogen (secondary N) is 1. The summed E-state index contributed by atoms with van der Waals surface area (Å²) in [7, 11) is 3.37. The van der Waals surface area contributed by atoms with Gasteiger partial charge in [0, 0.05) is 25.2 Å². The van der Waals surface area contributed by atoms with Crippen LogP contribution in [-0.4, -0.2) is 47.2 Å². The number of nitrogens with zero attached hydrogens (tertiary/aromatic N) is 3. The Morgan fingerprint density at radius 2 is 1.90 bits per heavy atom. The minimum Gasteiger partial charge on any atom is -0.482 e. The van der Waals surface area contributed by atoms with E-state index in [1.54, 1.807) is 37.0 Å². The van der Waals surface area contributed by atoms with Crippen molar-refractivity contribution in [3.63, 3.8) is 0 Å². The third-order valence-corrected chi connectivity index (χ3v) is 4.93. The number of halogens is 1. The maximum absolute atomic E-state index is 13.5. The van der Waals surface area contributed by atoms with Gasteiger partial charge in [-0.3, -0.25) is 14.3 Å². The van der Waals surface area contributed by atoms with Crippen molar-refractivity contribution in [2.75, 3.05) is 26.0 Å². The number of carbonyl (C=O) groups excluding carboxylic acids is 2. The molecule has 0 bridgehead atoms. The van der Waals surface area contributed by atoms with Gasteiger partial charge in [0.25, 0.3) is 5.91 Å². The summed E-state index contributed by atoms with van der Waals surface area (Å²) < 4.78 is 20.6. The second kappa shape index (κ2) is 7.62. The topological polar surface area (TPSA) is 76.5 Å². The van der Waals surface area contributed by atoms with Gasteiger partial charge in [-0.2, -0.15) is 5.10 Å². The molecule has 3 aromatic rings. The van der Waals surface area contributed by atoms with Crippen molar-refractivity contribution >= 4 is 17.5 Å². The summed E-state index contributed by atoms with van der Waals surface area (Å²) in [5.74, 6) is -0.0865. The van der Waals surface area contributed by atoms with Gasteiger partial charge in [0.2, 0.25) is 5.91 Å². The van der Waals surface area contributed by atoms with Gasteiger partial charge in [0.1, 0.15) is 18.1 Å². The van der Waals surface area contributed by atoms with Crippen molar-refractivity contribution in [3.8, 4) is 28.1 Å². The van der Waals surface area contributed by atoms with Gasteiger partial charge in [0.05, 0.1) is 17.1 Å². The van der Waals surface area contributed by atoms with Gasteiger partial charge in [-0.15, -0.1) is 0 Å². The number of hydrogen-bond acceptors (Lipinski definition) is 4. The van der Waals surface area contributed by atoms with E-state index in [-0.39, 0.29) is 30.8 Å². The lowest BCUT2D eigenvalue weighted by Gasteiger charge is -2.19. The highest BCUT2D eigenvalue weighted by atomic mass is 19.1. The van der Waals surface area contributed by atoms with Gasteiger partial charge >= 0.3 is 0 Å². The van der Waals surface area contributed by atoms with Crippen LogP contribution >= 0.6 is 0 Å². The average Bonchev–Trinajstić information content (AvgIpc) is 3.03. The van der Waals surface area contributed by atoms with Gasteiger partial charge in [0.15, 0.2) is 6.61 Å². The molecule has 0 aliphatic carbocycles. The van der Waals surface area contributed by atoms with Crippen molar-refractivity contribution in [2.45, 2.75) is 13.5 Å². The minimum atomic E-state index is -0.346. The first kappa shape index (κ1) is 19.6. The molecule has 0 spiro atoms. The van der Waals surface area contributed by atoms with Crippen LogP contribution in [-0.2, 0) is 16.1 Å². The largest absolute Gasteiger partial charge is 0.482 e. The standard InChI is InChI=1S/C22H21FN4O3/c1-13-21(15-6-9-18-17(10-15)24-19(28)12-30-18)22(14-4-7-16(23)8-5-14)27(25-13)11-20(29)26(2)3/h4-10H,11-12H2,1-3H3,(H,24,28). The van der Waals surface area contributed by atoms with E-state index in [0.717, 1.165) is 16.7 Å². The summed E-state index contributed by atoms with van der Waals surface area (Å²) in [5, 5.41) is 7.40. The Balaban J connectivity index is 1.88. The molecule has 1 aliphatic rings. The summed E-state index contributed by atoms with van der Waals surface area (Å²) in [6, 6.07) is 11.6. The lowest BCUT2D eigenvalue weighted by molar-refractivity contribution is -0.129. The van der Waals surface area contributed by atoms with Crippen LogP contribution in [0.3, 0.4) is 0 Å². The van der Waals surface area contributed by atoms with Gasteiger partial charge < -0.3 is 15.0 Å². The maximum Gasteiger partial charge on any atom is 0.262 e. The molecule has 0 saturated heterocycles. The van der Waals surface area contributed by atoms with Crippen LogP contribution < -0.4 is 10.1 Å². The summed E-state index contributed by atoms with van der Waals surface area (Å²) >= 11 is 0. The molecule has 7 nitrogen and oxygen atoms in total. The van der Waals surface area contributed by atoms with Crippen molar-refractivity contribution in [1.82, 2.24) is 14.7 Å². The Labute approximate surface area is 173 Å². The highest BCUT2D eigenvalue weighted by Gasteiger charge is 2.23. The highest BCUT2D eigenvalue weighted by Crippen LogP contribution is 2.39. The number of amides is 2. The van der Waals surface area contributed by atoms with E-state index in [1.165, 1.54) is 17.0 Å². The van der Waals surface area contributed by atoms with Crippen molar-refractivity contribution < 1.29 is 18.7 Å². The number of fused-ring (bicyclic) bond motifs is 1. The van der Waals surface area contributed by atoms with Gasteiger partial charge in [-0.25, -0.2) is 4.39 Å². The molecule has 30 heavy (non-hydrogen) atoms. The molecule has 0 unspecified atom stereocenters. The Hall–Kier alpha value is -3.68. The van der Waals surface area contributed by atoms with Crippen LogP contribution in [0.1, 0.15) is 5.69 Å². The predicted molar refractivity (Wildman–Crippen MR) is 111 cm³/mol. The van der Waals surface area contributed by atoms with Crippen molar-refractivity contribution in [1.29, 1.82) is 0 Å². The maximum atomic E-state index is 13.5.